The van der Waals surface area contributed by atoms with Crippen LogP contribution in [-0.2, 0) is 4.74 Å². The van der Waals surface area contributed by atoms with Gasteiger partial charge in [-0.15, -0.1) is 0 Å². The van der Waals surface area contributed by atoms with E-state index in [1.807, 2.05) is 26.0 Å². The van der Waals surface area contributed by atoms with Gasteiger partial charge in [0, 0.05) is 36.0 Å². The van der Waals surface area contributed by atoms with E-state index in [-0.39, 0.29) is 17.7 Å². The predicted molar refractivity (Wildman–Crippen MR) is 131 cm³/mol. The fourth-order valence-electron chi connectivity index (χ4n) is 4.01. The van der Waals surface area contributed by atoms with Gasteiger partial charge in [-0.3, -0.25) is 4.90 Å². The number of aromatic hydroxyl groups is 1. The summed E-state index contributed by atoms with van der Waals surface area (Å²) in [6, 6.07) is 11.2. The van der Waals surface area contributed by atoms with E-state index in [0.29, 0.717) is 65.2 Å². The molecule has 1 atom stereocenters. The number of nitrogens with zero attached hydrogens (tertiary/aromatic N) is 3. The number of aromatic nitrogens is 2. The maximum Gasteiger partial charge on any atom is 0.322 e. The Bertz CT molecular complexity index is 1240. The van der Waals surface area contributed by atoms with E-state index in [1.165, 1.54) is 7.11 Å². The molecular weight excluding hydrogens is 472 g/mol. The molecule has 0 saturated carbocycles. The van der Waals surface area contributed by atoms with E-state index >= 15 is 0 Å². The van der Waals surface area contributed by atoms with Crippen LogP contribution >= 0.6 is 11.6 Å². The first kappa shape index (κ1) is 24.6. The molecule has 3 aromatic rings. The van der Waals surface area contributed by atoms with E-state index in [1.54, 1.807) is 35.2 Å². The zero-order valence-corrected chi connectivity index (χ0v) is 20.5. The van der Waals surface area contributed by atoms with Gasteiger partial charge in [-0.2, -0.15) is 4.98 Å². The second-order valence-corrected chi connectivity index (χ2v) is 8.38. The molecule has 2 N–H and O–H groups in total. The Labute approximate surface area is 208 Å². The normalized spacial score (nSPS) is 15.9. The molecule has 0 radical (unpaired) electrons. The highest BCUT2D eigenvalue weighted by atomic mass is 35.5. The van der Waals surface area contributed by atoms with Crippen LogP contribution in [0.2, 0.25) is 5.02 Å². The first-order valence-corrected chi connectivity index (χ1v) is 11.6. The van der Waals surface area contributed by atoms with Gasteiger partial charge in [-0.1, -0.05) is 35.0 Å². The lowest BCUT2D eigenvalue weighted by Crippen LogP contribution is -2.46. The summed E-state index contributed by atoms with van der Waals surface area (Å²) in [7, 11) is 1.47. The van der Waals surface area contributed by atoms with Crippen molar-refractivity contribution in [1.82, 2.24) is 20.4 Å². The van der Waals surface area contributed by atoms with E-state index in [9.17, 15) is 9.90 Å². The van der Waals surface area contributed by atoms with Crippen LogP contribution in [0, 0.1) is 0 Å². The molecule has 184 valence electrons. The summed E-state index contributed by atoms with van der Waals surface area (Å²) in [6.45, 7) is 5.38. The Kier molecular flexibility index (Phi) is 7.57. The zero-order valence-electron chi connectivity index (χ0n) is 19.7. The van der Waals surface area contributed by atoms with Crippen molar-refractivity contribution in [3.8, 4) is 22.9 Å². The molecule has 35 heavy (non-hydrogen) atoms. The number of carbonyl (C=O) groups excluding carboxylic acids is 1. The molecule has 1 aliphatic rings. The molecule has 0 saturated heterocycles. The number of amides is 2. The number of phenolic OH excluding ortho intramolecular Hbond substituents is 1. The predicted octanol–water partition coefficient (Wildman–Crippen LogP) is 5.03. The number of methoxy groups -OCH3 is 1. The molecule has 2 heterocycles. The molecule has 2 aromatic carbocycles. The van der Waals surface area contributed by atoms with Crippen LogP contribution in [0.15, 0.2) is 52.7 Å². The lowest BCUT2D eigenvalue weighted by Gasteiger charge is -2.35. The second kappa shape index (κ2) is 10.8. The largest absolute Gasteiger partial charge is 0.504 e. The smallest absolute Gasteiger partial charge is 0.322 e. The number of halogens is 1. The quantitative estimate of drug-likeness (QED) is 0.398. The number of rotatable bonds is 9. The van der Waals surface area contributed by atoms with Crippen LogP contribution in [0.3, 0.4) is 0 Å². The summed E-state index contributed by atoms with van der Waals surface area (Å²) in [5.74, 6) is 0.920. The summed E-state index contributed by atoms with van der Waals surface area (Å²) in [5, 5.41) is 18.1. The average Bonchev–Trinajstić information content (AvgIpc) is 3.33. The van der Waals surface area contributed by atoms with Crippen molar-refractivity contribution >= 4 is 23.2 Å². The molecule has 0 aliphatic carbocycles. The first-order chi connectivity index (χ1) is 16.9. The van der Waals surface area contributed by atoms with Crippen molar-refractivity contribution in [2.45, 2.75) is 26.3 Å². The van der Waals surface area contributed by atoms with Crippen LogP contribution in [0.5, 0.6) is 11.5 Å². The van der Waals surface area contributed by atoms with Gasteiger partial charge in [0.1, 0.15) is 0 Å². The highest BCUT2D eigenvalue weighted by Crippen LogP contribution is 2.39. The third-order valence-corrected chi connectivity index (χ3v) is 5.98. The summed E-state index contributed by atoms with van der Waals surface area (Å²) in [5.41, 5.74) is 2.65. The van der Waals surface area contributed by atoms with Crippen molar-refractivity contribution in [1.29, 1.82) is 0 Å². The van der Waals surface area contributed by atoms with Crippen molar-refractivity contribution in [2.75, 3.05) is 26.9 Å². The maximum atomic E-state index is 13.1. The average molecular weight is 499 g/mol. The fourth-order valence-corrected chi connectivity index (χ4v) is 4.20. The number of ether oxygens (including phenoxy) is 2. The topological polar surface area (TPSA) is 110 Å². The Balaban J connectivity index is 1.76. The minimum atomic E-state index is -0.630. The van der Waals surface area contributed by atoms with Crippen LogP contribution in [0.25, 0.3) is 17.0 Å². The highest BCUT2D eigenvalue weighted by Gasteiger charge is 2.36. The Morgan fingerprint density at radius 1 is 1.26 bits per heavy atom. The number of phenols is 1. The number of hydrogen-bond donors (Lipinski definition) is 2. The van der Waals surface area contributed by atoms with Crippen molar-refractivity contribution in [3.05, 3.63) is 64.6 Å². The molecule has 0 bridgehead atoms. The van der Waals surface area contributed by atoms with Gasteiger partial charge in [0.2, 0.25) is 5.82 Å². The monoisotopic (exact) mass is 498 g/mol. The van der Waals surface area contributed by atoms with Gasteiger partial charge >= 0.3 is 6.03 Å². The third-order valence-electron chi connectivity index (χ3n) is 5.75. The summed E-state index contributed by atoms with van der Waals surface area (Å²) < 4.78 is 16.3. The van der Waals surface area contributed by atoms with Gasteiger partial charge in [-0.25, -0.2) is 4.79 Å². The lowest BCUT2D eigenvalue weighted by atomic mass is 9.94. The lowest BCUT2D eigenvalue weighted by molar-refractivity contribution is 0.136. The summed E-state index contributed by atoms with van der Waals surface area (Å²) >= 11 is 6.13. The van der Waals surface area contributed by atoms with Crippen LogP contribution in [0.4, 0.5) is 4.79 Å². The van der Waals surface area contributed by atoms with Crippen LogP contribution in [0.1, 0.15) is 37.8 Å². The molecule has 1 aromatic heterocycles. The van der Waals surface area contributed by atoms with E-state index in [2.05, 4.69) is 15.5 Å². The molecule has 0 fully saturated rings. The first-order valence-electron chi connectivity index (χ1n) is 11.3. The van der Waals surface area contributed by atoms with E-state index < -0.39 is 6.04 Å². The maximum absolute atomic E-state index is 13.1. The molecule has 0 spiro atoms. The van der Waals surface area contributed by atoms with E-state index in [0.717, 1.165) is 0 Å². The van der Waals surface area contributed by atoms with Gasteiger partial charge < -0.3 is 24.4 Å². The Morgan fingerprint density at radius 2 is 2.09 bits per heavy atom. The number of nitrogens with one attached hydrogen (secondary N) is 1. The number of hydrogen-bond acceptors (Lipinski definition) is 7. The third kappa shape index (κ3) is 5.26. The van der Waals surface area contributed by atoms with Gasteiger partial charge in [-0.05, 0) is 50.1 Å². The molecule has 10 heteroatoms. The summed E-state index contributed by atoms with van der Waals surface area (Å²) in [4.78, 5) is 19.3. The zero-order chi connectivity index (χ0) is 24.9. The highest BCUT2D eigenvalue weighted by molar-refractivity contribution is 6.30. The molecule has 9 nitrogen and oxygen atoms in total. The number of allylic oxidation sites excluding steroid dienone is 1. The van der Waals surface area contributed by atoms with Crippen molar-refractivity contribution in [2.24, 2.45) is 0 Å². The van der Waals surface area contributed by atoms with Crippen LogP contribution < -0.4 is 10.1 Å². The Morgan fingerprint density at radius 3 is 2.80 bits per heavy atom. The number of carbonyl (C=O) groups is 1. The van der Waals surface area contributed by atoms with E-state index in [4.69, 9.17) is 25.6 Å². The summed E-state index contributed by atoms with van der Waals surface area (Å²) in [6.07, 6.45) is 0.664. The number of benzene rings is 2. The minimum absolute atomic E-state index is 0.0412. The second-order valence-electron chi connectivity index (χ2n) is 7.95. The SMILES string of the molecule is CCOCCCN1C(=O)NC(c2ccc(OC)c(O)c2)C(c2nc(-c3cccc(Cl)c3)no2)=C1C. The van der Waals surface area contributed by atoms with Crippen molar-refractivity contribution < 1.29 is 23.9 Å². The Hall–Kier alpha value is -3.56. The molecule has 1 aliphatic heterocycles. The van der Waals surface area contributed by atoms with Crippen molar-refractivity contribution in [3.63, 3.8) is 0 Å². The fraction of sp³-hybridized carbons (Fsp3) is 0.320. The minimum Gasteiger partial charge on any atom is -0.504 e. The molecular formula is C25H27ClN4O5. The van der Waals surface area contributed by atoms with Gasteiger partial charge in [0.15, 0.2) is 11.5 Å². The molecule has 1 unspecified atom stereocenters. The van der Waals surface area contributed by atoms with Gasteiger partial charge in [0.25, 0.3) is 5.89 Å². The number of urea groups is 1. The standard InChI is InChI=1S/C25H27ClN4O5/c1-4-34-12-6-11-30-15(2)21(24-28-23(29-35-24)17-7-5-8-18(26)13-17)22(27-25(30)32)16-9-10-20(33-3)19(31)14-16/h5,7-10,13-14,22,31H,4,6,11-12H2,1-3H3,(H,27,32). The van der Waals surface area contributed by atoms with Crippen LogP contribution in [-0.4, -0.2) is 53.0 Å². The molecule has 4 rings (SSSR count). The van der Waals surface area contributed by atoms with Gasteiger partial charge in [0.05, 0.1) is 18.7 Å². The molecule has 2 amide bonds.